The molecule has 0 fully saturated rings. The SMILES string of the molecule is CCNCC(C)(CC)CC1Cc2cc(C)ccc2O1. The summed E-state index contributed by atoms with van der Waals surface area (Å²) in [6, 6.07) is 6.53. The summed E-state index contributed by atoms with van der Waals surface area (Å²) in [4.78, 5) is 0. The Bertz CT molecular complexity index is 429. The van der Waals surface area contributed by atoms with Gasteiger partial charge in [0.05, 0.1) is 0 Å². The summed E-state index contributed by atoms with van der Waals surface area (Å²) >= 11 is 0. The minimum atomic E-state index is 0.331. The average molecular weight is 261 g/mol. The number of aryl methyl sites for hydroxylation is 1. The first-order valence-corrected chi connectivity index (χ1v) is 7.53. The van der Waals surface area contributed by atoms with Gasteiger partial charge in [0.25, 0.3) is 0 Å². The fourth-order valence-corrected chi connectivity index (χ4v) is 2.88. The van der Waals surface area contributed by atoms with E-state index in [-0.39, 0.29) is 0 Å². The second-order valence-corrected chi connectivity index (χ2v) is 6.20. The maximum absolute atomic E-state index is 6.11. The molecule has 1 aromatic carbocycles. The number of ether oxygens (including phenoxy) is 1. The zero-order chi connectivity index (χ0) is 13.9. The van der Waals surface area contributed by atoms with Crippen molar-refractivity contribution < 1.29 is 4.74 Å². The molecule has 1 aromatic rings. The van der Waals surface area contributed by atoms with Crippen LogP contribution in [0.25, 0.3) is 0 Å². The van der Waals surface area contributed by atoms with Crippen LogP contribution in [0.3, 0.4) is 0 Å². The molecule has 1 aliphatic rings. The van der Waals surface area contributed by atoms with Gasteiger partial charge < -0.3 is 10.1 Å². The molecular weight excluding hydrogens is 234 g/mol. The summed E-state index contributed by atoms with van der Waals surface area (Å²) < 4.78 is 6.11. The summed E-state index contributed by atoms with van der Waals surface area (Å²) in [6.45, 7) is 11.1. The van der Waals surface area contributed by atoms with Gasteiger partial charge in [-0.3, -0.25) is 0 Å². The van der Waals surface area contributed by atoms with Crippen molar-refractivity contribution in [3.05, 3.63) is 29.3 Å². The van der Waals surface area contributed by atoms with Crippen LogP contribution in [-0.2, 0) is 6.42 Å². The molecule has 2 atom stereocenters. The first-order valence-electron chi connectivity index (χ1n) is 7.53. The quantitative estimate of drug-likeness (QED) is 0.843. The molecule has 0 bridgehead atoms. The van der Waals surface area contributed by atoms with Gasteiger partial charge in [-0.25, -0.2) is 0 Å². The van der Waals surface area contributed by atoms with E-state index >= 15 is 0 Å². The average Bonchev–Trinajstić information content (AvgIpc) is 2.77. The zero-order valence-electron chi connectivity index (χ0n) is 12.8. The Kier molecular flexibility index (Phi) is 4.51. The molecule has 19 heavy (non-hydrogen) atoms. The van der Waals surface area contributed by atoms with Crippen LogP contribution in [0.15, 0.2) is 18.2 Å². The van der Waals surface area contributed by atoms with E-state index < -0.39 is 0 Å². The predicted molar refractivity (Wildman–Crippen MR) is 80.9 cm³/mol. The van der Waals surface area contributed by atoms with Gasteiger partial charge in [-0.1, -0.05) is 38.5 Å². The van der Waals surface area contributed by atoms with Crippen LogP contribution >= 0.6 is 0 Å². The second kappa shape index (κ2) is 5.96. The van der Waals surface area contributed by atoms with E-state index in [2.05, 4.69) is 51.2 Å². The first kappa shape index (κ1) is 14.4. The molecule has 0 radical (unpaired) electrons. The van der Waals surface area contributed by atoms with E-state index in [4.69, 9.17) is 4.74 Å². The highest BCUT2D eigenvalue weighted by atomic mass is 16.5. The van der Waals surface area contributed by atoms with E-state index in [1.165, 1.54) is 17.5 Å². The normalized spacial score (nSPS) is 20.7. The van der Waals surface area contributed by atoms with Crippen LogP contribution in [0, 0.1) is 12.3 Å². The molecule has 0 spiro atoms. The molecule has 0 saturated heterocycles. The molecule has 0 aromatic heterocycles. The Labute approximate surface area is 117 Å². The number of rotatable bonds is 6. The Balaban J connectivity index is 1.98. The molecule has 2 heteroatoms. The van der Waals surface area contributed by atoms with Crippen LogP contribution in [0.4, 0.5) is 0 Å². The minimum absolute atomic E-state index is 0.331. The van der Waals surface area contributed by atoms with Gasteiger partial charge in [0.1, 0.15) is 11.9 Å². The van der Waals surface area contributed by atoms with E-state index in [1.807, 2.05) is 0 Å². The van der Waals surface area contributed by atoms with E-state index in [0.29, 0.717) is 11.5 Å². The van der Waals surface area contributed by atoms with Crippen molar-refractivity contribution in [3.8, 4) is 5.75 Å². The van der Waals surface area contributed by atoms with Crippen molar-refractivity contribution in [2.24, 2.45) is 5.41 Å². The summed E-state index contributed by atoms with van der Waals surface area (Å²) in [5, 5.41) is 3.49. The zero-order valence-corrected chi connectivity index (χ0v) is 12.8. The lowest BCUT2D eigenvalue weighted by atomic mass is 9.81. The Morgan fingerprint density at radius 3 is 2.84 bits per heavy atom. The molecule has 0 aliphatic carbocycles. The number of nitrogens with one attached hydrogen (secondary N) is 1. The maximum Gasteiger partial charge on any atom is 0.123 e. The van der Waals surface area contributed by atoms with Crippen molar-refractivity contribution in [1.29, 1.82) is 0 Å². The largest absolute Gasteiger partial charge is 0.490 e. The molecule has 0 amide bonds. The smallest absolute Gasteiger partial charge is 0.123 e. The number of benzene rings is 1. The Morgan fingerprint density at radius 1 is 1.37 bits per heavy atom. The van der Waals surface area contributed by atoms with Crippen molar-refractivity contribution in [3.63, 3.8) is 0 Å². The Morgan fingerprint density at radius 2 is 2.16 bits per heavy atom. The third-order valence-corrected chi connectivity index (χ3v) is 4.33. The van der Waals surface area contributed by atoms with Crippen LogP contribution < -0.4 is 10.1 Å². The lowest BCUT2D eigenvalue weighted by Crippen LogP contribution is -2.35. The lowest BCUT2D eigenvalue weighted by Gasteiger charge is -2.31. The van der Waals surface area contributed by atoms with Gasteiger partial charge in [-0.2, -0.15) is 0 Å². The highest BCUT2D eigenvalue weighted by Gasteiger charge is 2.31. The first-order chi connectivity index (χ1) is 9.06. The number of fused-ring (bicyclic) bond motifs is 1. The minimum Gasteiger partial charge on any atom is -0.490 e. The number of hydrogen-bond acceptors (Lipinski definition) is 2. The van der Waals surface area contributed by atoms with Gasteiger partial charge in [-0.15, -0.1) is 0 Å². The van der Waals surface area contributed by atoms with E-state index in [9.17, 15) is 0 Å². The molecular formula is C17H27NO. The summed E-state index contributed by atoms with van der Waals surface area (Å²) in [5.41, 5.74) is 3.04. The standard InChI is InChI=1S/C17H27NO/c1-5-17(4,12-18-6-2)11-15-10-14-9-13(3)7-8-16(14)19-15/h7-9,15,18H,5-6,10-12H2,1-4H3. The van der Waals surface area contributed by atoms with Gasteiger partial charge in [0.2, 0.25) is 0 Å². The molecule has 1 heterocycles. The molecule has 2 nitrogen and oxygen atoms in total. The van der Waals surface area contributed by atoms with Gasteiger partial charge in [0.15, 0.2) is 0 Å². The van der Waals surface area contributed by atoms with E-state index in [1.54, 1.807) is 0 Å². The maximum atomic E-state index is 6.11. The van der Waals surface area contributed by atoms with E-state index in [0.717, 1.165) is 31.7 Å². The third kappa shape index (κ3) is 3.50. The van der Waals surface area contributed by atoms with Gasteiger partial charge >= 0.3 is 0 Å². The van der Waals surface area contributed by atoms with Crippen LogP contribution in [-0.4, -0.2) is 19.2 Å². The van der Waals surface area contributed by atoms with Crippen molar-refractivity contribution in [1.82, 2.24) is 5.32 Å². The third-order valence-electron chi connectivity index (χ3n) is 4.33. The van der Waals surface area contributed by atoms with Gasteiger partial charge in [0, 0.05) is 13.0 Å². The summed E-state index contributed by atoms with van der Waals surface area (Å²) in [6.07, 6.45) is 3.73. The van der Waals surface area contributed by atoms with Crippen LogP contribution in [0.5, 0.6) is 5.75 Å². The highest BCUT2D eigenvalue weighted by molar-refractivity contribution is 5.40. The number of hydrogen-bond donors (Lipinski definition) is 1. The van der Waals surface area contributed by atoms with Crippen LogP contribution in [0.1, 0.15) is 44.7 Å². The van der Waals surface area contributed by atoms with Crippen molar-refractivity contribution in [2.75, 3.05) is 13.1 Å². The molecule has 2 unspecified atom stereocenters. The van der Waals surface area contributed by atoms with Crippen molar-refractivity contribution >= 4 is 0 Å². The topological polar surface area (TPSA) is 21.3 Å². The second-order valence-electron chi connectivity index (χ2n) is 6.20. The monoisotopic (exact) mass is 261 g/mol. The summed E-state index contributed by atoms with van der Waals surface area (Å²) in [7, 11) is 0. The molecule has 1 N–H and O–H groups in total. The molecule has 106 valence electrons. The molecule has 2 rings (SSSR count). The predicted octanol–water partition coefficient (Wildman–Crippen LogP) is 3.71. The fraction of sp³-hybridized carbons (Fsp3) is 0.647. The molecule has 1 aliphatic heterocycles. The summed E-state index contributed by atoms with van der Waals surface area (Å²) in [5.74, 6) is 1.09. The molecule has 0 saturated carbocycles. The van der Waals surface area contributed by atoms with Crippen LogP contribution in [0.2, 0.25) is 0 Å². The van der Waals surface area contributed by atoms with Crippen molar-refractivity contribution in [2.45, 2.75) is 53.1 Å². The van der Waals surface area contributed by atoms with Gasteiger partial charge in [-0.05, 0) is 43.4 Å². The highest BCUT2D eigenvalue weighted by Crippen LogP contribution is 2.36. The Hall–Kier alpha value is -1.02. The fourth-order valence-electron chi connectivity index (χ4n) is 2.88. The lowest BCUT2D eigenvalue weighted by molar-refractivity contribution is 0.140.